The molecule has 0 saturated carbocycles. The summed E-state index contributed by atoms with van der Waals surface area (Å²) in [5.41, 5.74) is 13.6. The fourth-order valence-electron chi connectivity index (χ4n) is 2.89. The average molecular weight is 354 g/mol. The Morgan fingerprint density at radius 1 is 1.15 bits per heavy atom. The third kappa shape index (κ3) is 3.14. The number of morpholine rings is 1. The molecule has 3 aromatic rings. The van der Waals surface area contributed by atoms with Crippen LogP contribution in [0.4, 0.5) is 11.8 Å². The molecule has 10 nitrogen and oxygen atoms in total. The van der Waals surface area contributed by atoms with Crippen LogP contribution >= 0.6 is 0 Å². The van der Waals surface area contributed by atoms with Gasteiger partial charge in [0.05, 0.1) is 31.0 Å². The third-order valence-electron chi connectivity index (χ3n) is 4.10. The van der Waals surface area contributed by atoms with Crippen LogP contribution < -0.4 is 16.4 Å². The molecule has 1 amide bonds. The summed E-state index contributed by atoms with van der Waals surface area (Å²) in [6, 6.07) is 0. The van der Waals surface area contributed by atoms with E-state index in [4.69, 9.17) is 21.2 Å². The van der Waals surface area contributed by atoms with Crippen molar-refractivity contribution in [3.05, 3.63) is 30.5 Å². The lowest BCUT2D eigenvalue weighted by atomic mass is 10.2. The molecular weight excluding hydrogens is 336 g/mol. The first kappa shape index (κ1) is 16.2. The first-order chi connectivity index (χ1) is 12.6. The third-order valence-corrected chi connectivity index (χ3v) is 4.10. The normalized spacial score (nSPS) is 14.7. The number of amides is 1. The number of rotatable bonds is 4. The standard InChI is InChI=1S/C16H18N8O2/c17-13(25)5-11-8-24-9-12(10-6-19-16(18)20-7-10)22-15(14(24)21-11)23-1-3-26-4-2-23/h6-9H,1-5H2,(H2,17,25)(H2,18,19,20). The van der Waals surface area contributed by atoms with E-state index in [1.807, 2.05) is 10.6 Å². The molecule has 0 radical (unpaired) electrons. The highest BCUT2D eigenvalue weighted by Crippen LogP contribution is 2.25. The van der Waals surface area contributed by atoms with Gasteiger partial charge in [0.2, 0.25) is 11.9 Å². The monoisotopic (exact) mass is 354 g/mol. The predicted molar refractivity (Wildman–Crippen MR) is 94.4 cm³/mol. The van der Waals surface area contributed by atoms with Gasteiger partial charge in [0.25, 0.3) is 0 Å². The predicted octanol–water partition coefficient (Wildman–Crippen LogP) is -0.367. The number of hydrogen-bond donors (Lipinski definition) is 2. The molecule has 1 saturated heterocycles. The quantitative estimate of drug-likeness (QED) is 0.647. The summed E-state index contributed by atoms with van der Waals surface area (Å²) < 4.78 is 7.28. The molecule has 1 aliphatic heterocycles. The Kier molecular flexibility index (Phi) is 4.09. The summed E-state index contributed by atoms with van der Waals surface area (Å²) in [6.45, 7) is 2.67. The molecule has 0 bridgehead atoms. The SMILES string of the molecule is NC(=O)Cc1cn2cc(-c3cnc(N)nc3)nc(N3CCOCC3)c2n1. The van der Waals surface area contributed by atoms with Crippen LogP contribution in [-0.4, -0.2) is 56.5 Å². The molecule has 0 aliphatic carbocycles. The van der Waals surface area contributed by atoms with E-state index < -0.39 is 5.91 Å². The summed E-state index contributed by atoms with van der Waals surface area (Å²) in [6.07, 6.45) is 6.94. The molecule has 10 heteroatoms. The maximum absolute atomic E-state index is 11.3. The summed E-state index contributed by atoms with van der Waals surface area (Å²) in [4.78, 5) is 30.7. The summed E-state index contributed by atoms with van der Waals surface area (Å²) in [5, 5.41) is 0. The van der Waals surface area contributed by atoms with Crippen LogP contribution in [0.3, 0.4) is 0 Å². The van der Waals surface area contributed by atoms with Crippen LogP contribution in [0.1, 0.15) is 5.69 Å². The molecule has 26 heavy (non-hydrogen) atoms. The van der Waals surface area contributed by atoms with Gasteiger partial charge in [-0.2, -0.15) is 0 Å². The Labute approximate surface area is 148 Å². The number of anilines is 2. The van der Waals surface area contributed by atoms with Crippen molar-refractivity contribution in [1.29, 1.82) is 0 Å². The molecule has 4 heterocycles. The number of ether oxygens (including phenoxy) is 1. The molecule has 4 rings (SSSR count). The van der Waals surface area contributed by atoms with E-state index in [9.17, 15) is 4.79 Å². The van der Waals surface area contributed by atoms with Gasteiger partial charge in [-0.05, 0) is 0 Å². The van der Waals surface area contributed by atoms with Gasteiger partial charge in [0.15, 0.2) is 11.5 Å². The van der Waals surface area contributed by atoms with Crippen molar-refractivity contribution < 1.29 is 9.53 Å². The van der Waals surface area contributed by atoms with Crippen molar-refractivity contribution in [3.63, 3.8) is 0 Å². The van der Waals surface area contributed by atoms with E-state index in [1.165, 1.54) is 0 Å². The largest absolute Gasteiger partial charge is 0.378 e. The Morgan fingerprint density at radius 2 is 1.88 bits per heavy atom. The van der Waals surface area contributed by atoms with Crippen molar-refractivity contribution in [3.8, 4) is 11.3 Å². The van der Waals surface area contributed by atoms with Gasteiger partial charge in [-0.25, -0.2) is 19.9 Å². The van der Waals surface area contributed by atoms with Crippen LogP contribution in [0, 0.1) is 0 Å². The number of aromatic nitrogens is 5. The second kappa shape index (κ2) is 6.56. The van der Waals surface area contributed by atoms with Crippen molar-refractivity contribution in [2.45, 2.75) is 6.42 Å². The van der Waals surface area contributed by atoms with Gasteiger partial charge >= 0.3 is 0 Å². The highest BCUT2D eigenvalue weighted by molar-refractivity contribution is 5.77. The summed E-state index contributed by atoms with van der Waals surface area (Å²) in [7, 11) is 0. The molecule has 134 valence electrons. The van der Waals surface area contributed by atoms with Crippen molar-refractivity contribution >= 4 is 23.3 Å². The van der Waals surface area contributed by atoms with Crippen LogP contribution in [0.5, 0.6) is 0 Å². The van der Waals surface area contributed by atoms with E-state index in [1.54, 1.807) is 18.6 Å². The van der Waals surface area contributed by atoms with Crippen LogP contribution in [0.2, 0.25) is 0 Å². The number of primary amides is 1. The molecule has 1 aliphatic rings. The van der Waals surface area contributed by atoms with E-state index >= 15 is 0 Å². The Hall–Kier alpha value is -3.27. The minimum Gasteiger partial charge on any atom is -0.378 e. The van der Waals surface area contributed by atoms with Gasteiger partial charge in [-0.3, -0.25) is 4.79 Å². The molecule has 1 fully saturated rings. The fraction of sp³-hybridized carbons (Fsp3) is 0.312. The average Bonchev–Trinajstić information content (AvgIpc) is 3.03. The number of carbonyl (C=O) groups is 1. The minimum atomic E-state index is -0.429. The maximum atomic E-state index is 11.3. The highest BCUT2D eigenvalue weighted by atomic mass is 16.5. The molecule has 0 atom stereocenters. The lowest BCUT2D eigenvalue weighted by Crippen LogP contribution is -2.37. The molecular formula is C16H18N8O2. The Bertz CT molecular complexity index is 947. The summed E-state index contributed by atoms with van der Waals surface area (Å²) >= 11 is 0. The fourth-order valence-corrected chi connectivity index (χ4v) is 2.89. The lowest BCUT2D eigenvalue weighted by molar-refractivity contribution is -0.117. The van der Waals surface area contributed by atoms with E-state index in [-0.39, 0.29) is 12.4 Å². The zero-order valence-corrected chi connectivity index (χ0v) is 14.0. The van der Waals surface area contributed by atoms with Crippen molar-refractivity contribution in [1.82, 2.24) is 24.3 Å². The second-order valence-electron chi connectivity index (χ2n) is 5.99. The van der Waals surface area contributed by atoms with Crippen LogP contribution in [-0.2, 0) is 16.0 Å². The Balaban J connectivity index is 1.85. The maximum Gasteiger partial charge on any atom is 0.223 e. The van der Waals surface area contributed by atoms with Gasteiger partial charge < -0.3 is 25.5 Å². The van der Waals surface area contributed by atoms with Gasteiger partial charge in [0.1, 0.15) is 0 Å². The lowest BCUT2D eigenvalue weighted by Gasteiger charge is -2.28. The Morgan fingerprint density at radius 3 is 2.58 bits per heavy atom. The topological polar surface area (TPSA) is 138 Å². The van der Waals surface area contributed by atoms with E-state index in [2.05, 4.69) is 19.9 Å². The number of nitrogens with zero attached hydrogens (tertiary/aromatic N) is 6. The zero-order chi connectivity index (χ0) is 18.1. The van der Waals surface area contributed by atoms with Crippen molar-refractivity contribution in [2.75, 3.05) is 36.9 Å². The van der Waals surface area contributed by atoms with Gasteiger partial charge in [-0.15, -0.1) is 0 Å². The van der Waals surface area contributed by atoms with E-state index in [0.717, 1.165) is 11.4 Å². The first-order valence-corrected chi connectivity index (χ1v) is 8.17. The zero-order valence-electron chi connectivity index (χ0n) is 14.0. The number of imidazole rings is 1. The van der Waals surface area contributed by atoms with Gasteiger partial charge in [-0.1, -0.05) is 0 Å². The molecule has 0 unspecified atom stereocenters. The second-order valence-corrected chi connectivity index (χ2v) is 5.99. The number of fused-ring (bicyclic) bond motifs is 1. The number of hydrogen-bond acceptors (Lipinski definition) is 8. The number of nitrogens with two attached hydrogens (primary N) is 2. The highest BCUT2D eigenvalue weighted by Gasteiger charge is 2.20. The van der Waals surface area contributed by atoms with Crippen LogP contribution in [0.25, 0.3) is 16.9 Å². The number of carbonyl (C=O) groups excluding carboxylic acids is 1. The molecule has 3 aromatic heterocycles. The minimum absolute atomic E-state index is 0.0740. The molecule has 0 spiro atoms. The first-order valence-electron chi connectivity index (χ1n) is 8.17. The van der Waals surface area contributed by atoms with Crippen molar-refractivity contribution in [2.24, 2.45) is 5.73 Å². The smallest absolute Gasteiger partial charge is 0.223 e. The summed E-state index contributed by atoms with van der Waals surface area (Å²) in [5.74, 6) is 0.495. The number of nitrogen functional groups attached to an aromatic ring is 1. The molecule has 4 N–H and O–H groups in total. The molecule has 0 aromatic carbocycles. The van der Waals surface area contributed by atoms with E-state index in [0.29, 0.717) is 43.3 Å². The van der Waals surface area contributed by atoms with Gasteiger partial charge in [0, 0.05) is 43.4 Å². The van der Waals surface area contributed by atoms with Crippen LogP contribution in [0.15, 0.2) is 24.8 Å².